The molecular formula is C16H17NO5. The molecule has 2 fully saturated rings. The van der Waals surface area contributed by atoms with Crippen LogP contribution in [-0.4, -0.2) is 35.0 Å². The summed E-state index contributed by atoms with van der Waals surface area (Å²) in [5.74, 6) is -3.09. The van der Waals surface area contributed by atoms with Crippen molar-refractivity contribution in [2.24, 2.45) is 11.8 Å². The summed E-state index contributed by atoms with van der Waals surface area (Å²) in [5, 5.41) is 12.0. The van der Waals surface area contributed by atoms with Crippen molar-refractivity contribution in [1.29, 1.82) is 0 Å². The van der Waals surface area contributed by atoms with E-state index in [1.165, 1.54) is 6.92 Å². The van der Waals surface area contributed by atoms with Gasteiger partial charge in [-0.05, 0) is 31.9 Å². The summed E-state index contributed by atoms with van der Waals surface area (Å²) in [4.78, 5) is 35.5. The molecule has 2 aliphatic heterocycles. The van der Waals surface area contributed by atoms with Gasteiger partial charge in [0.25, 0.3) is 0 Å². The van der Waals surface area contributed by atoms with Gasteiger partial charge >= 0.3 is 5.97 Å². The molecule has 1 amide bonds. The number of nitrogens with one attached hydrogen (secondary N) is 1. The molecule has 1 aromatic rings. The molecule has 6 heteroatoms. The average molecular weight is 303 g/mol. The number of rotatable bonds is 4. The number of anilines is 1. The van der Waals surface area contributed by atoms with Gasteiger partial charge in [-0.25, -0.2) is 0 Å². The minimum absolute atomic E-state index is 0.158. The van der Waals surface area contributed by atoms with Gasteiger partial charge in [-0.15, -0.1) is 0 Å². The Morgan fingerprint density at radius 2 is 1.77 bits per heavy atom. The Morgan fingerprint density at radius 1 is 1.14 bits per heavy atom. The Bertz CT molecular complexity index is 641. The van der Waals surface area contributed by atoms with Crippen molar-refractivity contribution in [3.63, 3.8) is 0 Å². The van der Waals surface area contributed by atoms with Crippen LogP contribution < -0.4 is 5.32 Å². The highest BCUT2D eigenvalue weighted by atomic mass is 16.5. The third-order valence-electron chi connectivity index (χ3n) is 4.43. The fraction of sp³-hybridized carbons (Fsp3) is 0.438. The Balaban J connectivity index is 1.83. The van der Waals surface area contributed by atoms with Gasteiger partial charge in [0.05, 0.1) is 29.7 Å². The lowest BCUT2D eigenvalue weighted by atomic mass is 9.78. The molecule has 3 rings (SSSR count). The number of ether oxygens (including phenoxy) is 1. The Hall–Kier alpha value is -2.21. The number of carboxylic acids is 1. The number of ketones is 1. The second-order valence-electron chi connectivity index (χ2n) is 5.77. The van der Waals surface area contributed by atoms with Gasteiger partial charge in [-0.2, -0.15) is 0 Å². The Kier molecular flexibility index (Phi) is 3.70. The number of carbonyl (C=O) groups excluding carboxylic acids is 2. The standard InChI is InChI=1S/C16H17NO5/c1-8(18)9-4-2-3-5-10(9)17-15(19)13-11-6-7-12(22-11)14(13)16(20)21/h2-5,11-14H,6-7H2,1H3,(H,17,19)(H,20,21)/t11-,12+,13-,14-/m0/s1. The maximum absolute atomic E-state index is 12.5. The van der Waals surface area contributed by atoms with Crippen molar-refractivity contribution >= 4 is 23.3 Å². The SMILES string of the molecule is CC(=O)c1ccccc1NC(=O)[C@@H]1[C@@H](C(=O)O)[C@H]2CC[C@@H]1O2. The van der Waals surface area contributed by atoms with Gasteiger partial charge in [0, 0.05) is 5.56 Å². The second kappa shape index (κ2) is 5.53. The maximum atomic E-state index is 12.5. The zero-order chi connectivity index (χ0) is 15.9. The number of hydrogen-bond acceptors (Lipinski definition) is 4. The molecule has 0 unspecified atom stereocenters. The lowest BCUT2D eigenvalue weighted by molar-refractivity contribution is -0.147. The molecule has 2 saturated heterocycles. The van der Waals surface area contributed by atoms with Crippen LogP contribution in [0.5, 0.6) is 0 Å². The number of fused-ring (bicyclic) bond motifs is 2. The lowest BCUT2D eigenvalue weighted by Crippen LogP contribution is -2.41. The average Bonchev–Trinajstić information content (AvgIpc) is 3.08. The second-order valence-corrected chi connectivity index (χ2v) is 5.77. The normalized spacial score (nSPS) is 29.3. The molecule has 0 saturated carbocycles. The minimum atomic E-state index is -1.01. The van der Waals surface area contributed by atoms with E-state index >= 15 is 0 Å². The molecule has 4 atom stereocenters. The van der Waals surface area contributed by atoms with E-state index in [1.807, 2.05) is 0 Å². The smallest absolute Gasteiger partial charge is 0.310 e. The monoisotopic (exact) mass is 303 g/mol. The zero-order valence-corrected chi connectivity index (χ0v) is 12.1. The molecule has 6 nitrogen and oxygen atoms in total. The summed E-state index contributed by atoms with van der Waals surface area (Å²) in [7, 11) is 0. The van der Waals surface area contributed by atoms with E-state index < -0.39 is 23.7 Å². The highest BCUT2D eigenvalue weighted by Crippen LogP contribution is 2.44. The van der Waals surface area contributed by atoms with Crippen LogP contribution in [-0.2, 0) is 14.3 Å². The highest BCUT2D eigenvalue weighted by Gasteiger charge is 2.55. The van der Waals surface area contributed by atoms with Crippen molar-refractivity contribution in [2.75, 3.05) is 5.32 Å². The van der Waals surface area contributed by atoms with Crippen molar-refractivity contribution in [2.45, 2.75) is 32.0 Å². The van der Waals surface area contributed by atoms with Crippen LogP contribution in [0.1, 0.15) is 30.1 Å². The molecule has 2 bridgehead atoms. The number of carbonyl (C=O) groups is 3. The number of hydrogen-bond donors (Lipinski definition) is 2. The van der Waals surface area contributed by atoms with Crippen LogP contribution in [0.3, 0.4) is 0 Å². The molecule has 2 heterocycles. The van der Waals surface area contributed by atoms with E-state index in [0.717, 1.165) is 0 Å². The number of Topliss-reactive ketones (excluding diaryl/α,β-unsaturated/α-hetero) is 1. The van der Waals surface area contributed by atoms with Crippen LogP contribution >= 0.6 is 0 Å². The summed E-state index contributed by atoms with van der Waals surface area (Å²) in [5.41, 5.74) is 0.818. The largest absolute Gasteiger partial charge is 0.481 e. The molecule has 1 aromatic carbocycles. The first-order chi connectivity index (χ1) is 10.5. The van der Waals surface area contributed by atoms with E-state index in [0.29, 0.717) is 24.1 Å². The van der Waals surface area contributed by atoms with E-state index in [-0.39, 0.29) is 18.0 Å². The molecule has 2 aliphatic rings. The molecular weight excluding hydrogens is 286 g/mol. The lowest BCUT2D eigenvalue weighted by Gasteiger charge is -2.24. The van der Waals surface area contributed by atoms with Gasteiger partial charge in [0.2, 0.25) is 5.91 Å². The van der Waals surface area contributed by atoms with Gasteiger partial charge in [-0.1, -0.05) is 12.1 Å². The van der Waals surface area contributed by atoms with Gasteiger partial charge in [-0.3, -0.25) is 14.4 Å². The summed E-state index contributed by atoms with van der Waals surface area (Å²) in [6, 6.07) is 6.70. The number of amides is 1. The van der Waals surface area contributed by atoms with E-state index in [1.54, 1.807) is 24.3 Å². The van der Waals surface area contributed by atoms with Crippen LogP contribution in [0.25, 0.3) is 0 Å². The van der Waals surface area contributed by atoms with E-state index in [9.17, 15) is 19.5 Å². The Labute approximate surface area is 127 Å². The summed E-state index contributed by atoms with van der Waals surface area (Å²) in [6.45, 7) is 1.42. The minimum Gasteiger partial charge on any atom is -0.481 e. The van der Waals surface area contributed by atoms with Gasteiger partial charge < -0.3 is 15.2 Å². The molecule has 0 aromatic heterocycles. The van der Waals surface area contributed by atoms with Gasteiger partial charge in [0.1, 0.15) is 0 Å². The summed E-state index contributed by atoms with van der Waals surface area (Å²) in [6.07, 6.45) is 0.632. The van der Waals surface area contributed by atoms with Crippen LogP contribution in [0.2, 0.25) is 0 Å². The molecule has 0 spiro atoms. The van der Waals surface area contributed by atoms with E-state index in [4.69, 9.17) is 4.74 Å². The molecule has 0 radical (unpaired) electrons. The highest BCUT2D eigenvalue weighted by molar-refractivity contribution is 6.05. The van der Waals surface area contributed by atoms with E-state index in [2.05, 4.69) is 5.32 Å². The van der Waals surface area contributed by atoms with Crippen molar-refractivity contribution in [1.82, 2.24) is 0 Å². The Morgan fingerprint density at radius 3 is 2.41 bits per heavy atom. The first-order valence-electron chi connectivity index (χ1n) is 7.28. The van der Waals surface area contributed by atoms with Gasteiger partial charge in [0.15, 0.2) is 5.78 Å². The maximum Gasteiger partial charge on any atom is 0.310 e. The first-order valence-corrected chi connectivity index (χ1v) is 7.28. The van der Waals surface area contributed by atoms with Crippen LogP contribution in [0.4, 0.5) is 5.69 Å². The van der Waals surface area contributed by atoms with Crippen molar-refractivity contribution in [3.05, 3.63) is 29.8 Å². The van der Waals surface area contributed by atoms with Crippen molar-refractivity contribution < 1.29 is 24.2 Å². The first kappa shape index (κ1) is 14.7. The predicted molar refractivity (Wildman–Crippen MR) is 77.6 cm³/mol. The number of benzene rings is 1. The summed E-state index contributed by atoms with van der Waals surface area (Å²) >= 11 is 0. The quantitative estimate of drug-likeness (QED) is 0.826. The summed E-state index contributed by atoms with van der Waals surface area (Å²) < 4.78 is 5.59. The molecule has 22 heavy (non-hydrogen) atoms. The van der Waals surface area contributed by atoms with Crippen LogP contribution in [0.15, 0.2) is 24.3 Å². The van der Waals surface area contributed by atoms with Crippen molar-refractivity contribution in [3.8, 4) is 0 Å². The number of aliphatic carboxylic acids is 1. The predicted octanol–water partition coefficient (Wildman–Crippen LogP) is 1.71. The topological polar surface area (TPSA) is 92.7 Å². The fourth-order valence-corrected chi connectivity index (χ4v) is 3.44. The third-order valence-corrected chi connectivity index (χ3v) is 4.43. The third kappa shape index (κ3) is 2.39. The molecule has 116 valence electrons. The number of carboxylic acid groups (broad SMARTS) is 1. The zero-order valence-electron chi connectivity index (χ0n) is 12.1. The fourth-order valence-electron chi connectivity index (χ4n) is 3.44. The molecule has 0 aliphatic carbocycles. The number of para-hydroxylation sites is 1. The molecule has 2 N–H and O–H groups in total. The van der Waals surface area contributed by atoms with Crippen LogP contribution in [0, 0.1) is 11.8 Å².